The van der Waals surface area contributed by atoms with E-state index in [-0.39, 0.29) is 0 Å². The molecule has 0 aliphatic rings. The van der Waals surface area contributed by atoms with Gasteiger partial charge >= 0.3 is 0 Å². The average molecular weight is 823 g/mol. The van der Waals surface area contributed by atoms with Crippen molar-refractivity contribution in [2.45, 2.75) is 6.42 Å². The van der Waals surface area contributed by atoms with Crippen LogP contribution in [0.3, 0.4) is 0 Å². The quantitative estimate of drug-likeness (QED) is 0.153. The predicted molar refractivity (Wildman–Crippen MR) is 263 cm³/mol. The molecule has 0 bridgehead atoms. The summed E-state index contributed by atoms with van der Waals surface area (Å²) in [6.07, 6.45) is 2.18. The molecule has 63 heavy (non-hydrogen) atoms. The van der Waals surface area contributed by atoms with Crippen molar-refractivity contribution in [1.82, 2.24) is 19.5 Å². The lowest BCUT2D eigenvalue weighted by atomic mass is 9.88. The van der Waals surface area contributed by atoms with Crippen molar-refractivity contribution >= 4 is 53.3 Å². The summed E-state index contributed by atoms with van der Waals surface area (Å²) in [6.45, 7) is 0. The van der Waals surface area contributed by atoms with Gasteiger partial charge in [-0.05, 0) is 92.5 Å². The van der Waals surface area contributed by atoms with Crippen molar-refractivity contribution in [3.63, 3.8) is 0 Å². The van der Waals surface area contributed by atoms with Crippen molar-refractivity contribution in [1.29, 1.82) is 0 Å². The fraction of sp³-hybridized carbons (Fsp3) is 0.0172. The zero-order valence-electron chi connectivity index (χ0n) is 34.2. The van der Waals surface area contributed by atoms with E-state index in [1.165, 1.54) is 69.8 Å². The molecular weight excluding hydrogens is 785 g/mol. The normalized spacial score (nSPS) is 11.6. The summed E-state index contributed by atoms with van der Waals surface area (Å²) in [5.41, 5.74) is 15.1. The Labute approximate surface area is 369 Å². The van der Waals surface area contributed by atoms with Gasteiger partial charge in [-0.25, -0.2) is 15.0 Å². The van der Waals surface area contributed by atoms with Gasteiger partial charge in [0.25, 0.3) is 0 Å². The van der Waals surface area contributed by atoms with Gasteiger partial charge in [0.2, 0.25) is 0 Å². The SMILES string of the molecule is c1ccc(-c2ccc(-c3ccccc3)c(-c3ccc(-c4ccc5c(c4)sc4ccc6c(c7ccccc7n6-c6ccccc6)c45)c(Cc4ncnc(-c5ccccc5)n4)c3)c2)cc1. The molecule has 4 nitrogen and oxygen atoms in total. The molecule has 12 rings (SSSR count). The summed E-state index contributed by atoms with van der Waals surface area (Å²) >= 11 is 1.87. The van der Waals surface area contributed by atoms with E-state index >= 15 is 0 Å². The van der Waals surface area contributed by atoms with Crippen LogP contribution in [0.15, 0.2) is 219 Å². The largest absolute Gasteiger partial charge is 0.309 e. The molecule has 9 aromatic carbocycles. The molecule has 0 amide bonds. The molecule has 0 N–H and O–H groups in total. The first kappa shape index (κ1) is 36.8. The number of nitrogens with zero attached hydrogens (tertiary/aromatic N) is 4. The summed E-state index contributed by atoms with van der Waals surface area (Å²) in [5.74, 6) is 1.40. The van der Waals surface area contributed by atoms with Crippen molar-refractivity contribution in [2.24, 2.45) is 0 Å². The molecule has 3 heterocycles. The molecular formula is C58H38N4S. The van der Waals surface area contributed by atoms with Gasteiger partial charge in [-0.2, -0.15) is 0 Å². The van der Waals surface area contributed by atoms with E-state index in [1.807, 2.05) is 41.7 Å². The molecule has 0 saturated heterocycles. The summed E-state index contributed by atoms with van der Waals surface area (Å²) in [4.78, 5) is 14.4. The van der Waals surface area contributed by atoms with Gasteiger partial charge < -0.3 is 4.57 Å². The van der Waals surface area contributed by atoms with Gasteiger partial charge in [-0.1, -0.05) is 170 Å². The Morgan fingerprint density at radius 1 is 0.397 bits per heavy atom. The zero-order valence-corrected chi connectivity index (χ0v) is 35.0. The molecule has 0 saturated carbocycles. The Kier molecular flexibility index (Phi) is 9.05. The maximum atomic E-state index is 5.03. The van der Waals surface area contributed by atoms with Crippen molar-refractivity contribution in [2.75, 3.05) is 0 Å². The van der Waals surface area contributed by atoms with Crippen molar-refractivity contribution in [3.8, 4) is 61.6 Å². The predicted octanol–water partition coefficient (Wildman–Crippen LogP) is 15.3. The first-order valence-corrected chi connectivity index (χ1v) is 22.1. The molecule has 0 atom stereocenters. The van der Waals surface area contributed by atoms with Crippen LogP contribution in [0.1, 0.15) is 11.4 Å². The standard InChI is InChI=1S/C58H38N4S/c1-5-15-38(16-6-1)41-25-29-47(39-17-7-2-8-18-39)50(34-41)42-26-28-46(44(33-42)36-55-59-37-60-58(61-55)40-19-9-3-10-20-40)43-27-30-49-54(35-43)63-53-32-31-52-56(57(49)53)48-23-13-14-24-51(48)62(52)45-21-11-4-12-22-45/h1-35,37H,36H2. The zero-order chi connectivity index (χ0) is 41.7. The Morgan fingerprint density at radius 3 is 1.84 bits per heavy atom. The van der Waals surface area contributed by atoms with Crippen LogP contribution in [0.2, 0.25) is 0 Å². The highest BCUT2D eigenvalue weighted by Crippen LogP contribution is 2.45. The number of fused-ring (bicyclic) bond motifs is 7. The number of hydrogen-bond donors (Lipinski definition) is 0. The number of thiophene rings is 1. The third kappa shape index (κ3) is 6.58. The molecule has 12 aromatic rings. The minimum absolute atomic E-state index is 0.536. The fourth-order valence-corrected chi connectivity index (χ4v) is 10.5. The lowest BCUT2D eigenvalue weighted by molar-refractivity contribution is 0.926. The number of aromatic nitrogens is 4. The molecule has 0 unspecified atom stereocenters. The second-order valence-corrected chi connectivity index (χ2v) is 17.1. The lowest BCUT2D eigenvalue weighted by Gasteiger charge is -2.17. The molecule has 0 radical (unpaired) electrons. The van der Waals surface area contributed by atoms with Crippen LogP contribution in [0.25, 0.3) is 104 Å². The second kappa shape index (κ2) is 15.5. The first-order chi connectivity index (χ1) is 31.2. The molecule has 296 valence electrons. The highest BCUT2D eigenvalue weighted by molar-refractivity contribution is 7.26. The van der Waals surface area contributed by atoms with Crippen molar-refractivity contribution < 1.29 is 0 Å². The van der Waals surface area contributed by atoms with E-state index in [0.29, 0.717) is 12.2 Å². The van der Waals surface area contributed by atoms with Crippen LogP contribution in [0, 0.1) is 0 Å². The van der Waals surface area contributed by atoms with Crippen molar-refractivity contribution in [3.05, 3.63) is 230 Å². The monoisotopic (exact) mass is 822 g/mol. The van der Waals surface area contributed by atoms with Crippen LogP contribution < -0.4 is 0 Å². The van der Waals surface area contributed by atoms with Crippen LogP contribution >= 0.6 is 11.3 Å². The highest BCUT2D eigenvalue weighted by atomic mass is 32.1. The van der Waals surface area contributed by atoms with Gasteiger partial charge in [0, 0.05) is 48.6 Å². The van der Waals surface area contributed by atoms with Gasteiger partial charge in [-0.15, -0.1) is 11.3 Å². The third-order valence-corrected chi connectivity index (χ3v) is 13.3. The Hall–Kier alpha value is -7.99. The molecule has 3 aromatic heterocycles. The highest BCUT2D eigenvalue weighted by Gasteiger charge is 2.20. The first-order valence-electron chi connectivity index (χ1n) is 21.3. The van der Waals surface area contributed by atoms with Gasteiger partial charge in [0.05, 0.1) is 11.0 Å². The summed E-state index contributed by atoms with van der Waals surface area (Å²) in [7, 11) is 0. The fourth-order valence-electron chi connectivity index (χ4n) is 9.31. The van der Waals surface area contributed by atoms with Gasteiger partial charge in [0.15, 0.2) is 5.82 Å². The van der Waals surface area contributed by atoms with Crippen LogP contribution in [0.4, 0.5) is 0 Å². The topological polar surface area (TPSA) is 43.6 Å². The van der Waals surface area contributed by atoms with Crippen LogP contribution in [0.5, 0.6) is 0 Å². The minimum Gasteiger partial charge on any atom is -0.309 e. The molecule has 0 spiro atoms. The minimum atomic E-state index is 0.536. The number of rotatable bonds is 8. The number of benzene rings is 9. The Balaban J connectivity index is 1.04. The van der Waals surface area contributed by atoms with Crippen LogP contribution in [-0.4, -0.2) is 19.5 Å². The number of hydrogen-bond acceptors (Lipinski definition) is 4. The molecule has 0 aliphatic heterocycles. The smallest absolute Gasteiger partial charge is 0.163 e. The van der Waals surface area contributed by atoms with Gasteiger partial charge in [-0.3, -0.25) is 0 Å². The average Bonchev–Trinajstić information content (AvgIpc) is 3.90. The summed E-state index contributed by atoms with van der Waals surface area (Å²) in [6, 6.07) is 76.4. The number of para-hydroxylation sites is 2. The van der Waals surface area contributed by atoms with Crippen LogP contribution in [-0.2, 0) is 6.42 Å². The van der Waals surface area contributed by atoms with E-state index in [2.05, 4.69) is 192 Å². The third-order valence-electron chi connectivity index (χ3n) is 12.2. The Morgan fingerprint density at radius 2 is 1.05 bits per heavy atom. The second-order valence-electron chi connectivity index (χ2n) is 16.0. The van der Waals surface area contributed by atoms with E-state index in [1.54, 1.807) is 6.33 Å². The maximum absolute atomic E-state index is 5.03. The van der Waals surface area contributed by atoms with E-state index in [4.69, 9.17) is 9.97 Å². The van der Waals surface area contributed by atoms with E-state index in [9.17, 15) is 0 Å². The van der Waals surface area contributed by atoms with E-state index in [0.717, 1.165) is 39.3 Å². The molecule has 0 fully saturated rings. The van der Waals surface area contributed by atoms with Gasteiger partial charge in [0.1, 0.15) is 12.2 Å². The summed E-state index contributed by atoms with van der Waals surface area (Å²) in [5, 5.41) is 5.15. The lowest BCUT2D eigenvalue weighted by Crippen LogP contribution is -2.02. The molecule has 0 aliphatic carbocycles. The Bertz CT molecular complexity index is 3630. The van der Waals surface area contributed by atoms with E-state index < -0.39 is 0 Å². The maximum Gasteiger partial charge on any atom is 0.163 e. The molecule has 5 heteroatoms. The summed E-state index contributed by atoms with van der Waals surface area (Å²) < 4.78 is 4.94.